The van der Waals surface area contributed by atoms with Crippen LogP contribution < -0.4 is 5.30 Å². The molecule has 1 aliphatic heterocycles. The molecule has 0 bridgehead atoms. The van der Waals surface area contributed by atoms with Crippen LogP contribution in [0.5, 0.6) is 0 Å². The van der Waals surface area contributed by atoms with Crippen molar-refractivity contribution >= 4 is 29.5 Å². The molecule has 2 rings (SSSR count). The summed E-state index contributed by atoms with van der Waals surface area (Å²) in [4.78, 5) is 11.0. The van der Waals surface area contributed by atoms with Crippen LogP contribution in [0.25, 0.3) is 0 Å². The standard InChI is InChI=1S/C12H16NO3PS/c14-12(15)10-13-8-4-5-9-16-17(13,18)11-6-2-1-3-7-11/h1-3,6-7H,4-5,8-10H2,(H,14,15). The summed E-state index contributed by atoms with van der Waals surface area (Å²) in [5.74, 6) is -0.856. The van der Waals surface area contributed by atoms with E-state index >= 15 is 0 Å². The molecule has 6 heteroatoms. The monoisotopic (exact) mass is 285 g/mol. The molecule has 98 valence electrons. The second-order valence-corrected chi connectivity index (χ2v) is 8.04. The van der Waals surface area contributed by atoms with Gasteiger partial charge in [0.1, 0.15) is 6.54 Å². The second-order valence-electron chi connectivity index (χ2n) is 4.18. The lowest BCUT2D eigenvalue weighted by Gasteiger charge is -2.31. The van der Waals surface area contributed by atoms with Crippen LogP contribution in [0.15, 0.2) is 30.3 Å². The normalized spacial score (nSPS) is 25.6. The maximum absolute atomic E-state index is 11.0. The Morgan fingerprint density at radius 2 is 2.11 bits per heavy atom. The quantitative estimate of drug-likeness (QED) is 0.859. The predicted molar refractivity (Wildman–Crippen MR) is 74.8 cm³/mol. The molecule has 1 saturated heterocycles. The molecule has 0 saturated carbocycles. The van der Waals surface area contributed by atoms with Gasteiger partial charge in [0.2, 0.25) is 0 Å². The van der Waals surface area contributed by atoms with Crippen molar-refractivity contribution in [2.24, 2.45) is 0 Å². The molecular weight excluding hydrogens is 269 g/mol. The van der Waals surface area contributed by atoms with Crippen LogP contribution in [0.4, 0.5) is 0 Å². The van der Waals surface area contributed by atoms with Crippen molar-refractivity contribution in [2.45, 2.75) is 12.8 Å². The first-order valence-corrected chi connectivity index (χ1v) is 8.57. The first-order valence-electron chi connectivity index (χ1n) is 5.90. The second kappa shape index (κ2) is 5.93. The van der Waals surface area contributed by atoms with Crippen molar-refractivity contribution in [3.05, 3.63) is 30.3 Å². The molecule has 0 aliphatic carbocycles. The number of carbonyl (C=O) groups is 1. The lowest BCUT2D eigenvalue weighted by atomic mass is 10.3. The van der Waals surface area contributed by atoms with Crippen LogP contribution in [0.3, 0.4) is 0 Å². The van der Waals surface area contributed by atoms with Gasteiger partial charge in [0, 0.05) is 11.8 Å². The van der Waals surface area contributed by atoms with Gasteiger partial charge in [0.05, 0.1) is 6.61 Å². The first-order chi connectivity index (χ1) is 8.63. The first kappa shape index (κ1) is 13.7. The molecule has 1 aromatic carbocycles. The van der Waals surface area contributed by atoms with Crippen LogP contribution in [0, 0.1) is 0 Å². The van der Waals surface area contributed by atoms with Crippen molar-refractivity contribution in [3.8, 4) is 0 Å². The van der Waals surface area contributed by atoms with E-state index in [1.54, 1.807) is 0 Å². The smallest absolute Gasteiger partial charge is 0.318 e. The zero-order chi connectivity index (χ0) is 13.0. The number of hydrogen-bond donors (Lipinski definition) is 1. The summed E-state index contributed by atoms with van der Waals surface area (Å²) < 4.78 is 7.70. The third-order valence-corrected chi connectivity index (χ3v) is 7.06. The summed E-state index contributed by atoms with van der Waals surface area (Å²) in [7, 11) is 0. The lowest BCUT2D eigenvalue weighted by Crippen LogP contribution is -2.31. The maximum Gasteiger partial charge on any atom is 0.318 e. The Morgan fingerprint density at radius 3 is 2.78 bits per heavy atom. The Balaban J connectivity index is 2.35. The number of rotatable bonds is 3. The van der Waals surface area contributed by atoms with Gasteiger partial charge in [-0.25, -0.2) is 4.67 Å². The molecule has 0 amide bonds. The van der Waals surface area contributed by atoms with Crippen LogP contribution in [0.2, 0.25) is 0 Å². The van der Waals surface area contributed by atoms with Crippen molar-refractivity contribution in [1.82, 2.24) is 4.67 Å². The highest BCUT2D eigenvalue weighted by Crippen LogP contribution is 2.51. The minimum Gasteiger partial charge on any atom is -0.480 e. The summed E-state index contributed by atoms with van der Waals surface area (Å²) in [6.07, 6.45) is -0.526. The van der Waals surface area contributed by atoms with E-state index in [0.29, 0.717) is 13.2 Å². The highest BCUT2D eigenvalue weighted by molar-refractivity contribution is 8.14. The summed E-state index contributed by atoms with van der Waals surface area (Å²) >= 11 is 5.70. The fourth-order valence-corrected chi connectivity index (χ4v) is 5.26. The third-order valence-electron chi connectivity index (χ3n) is 2.85. The number of nitrogens with zero attached hydrogens (tertiary/aromatic N) is 1. The SMILES string of the molecule is O=C(O)CN1CCCCOP1(=S)c1ccccc1. The van der Waals surface area contributed by atoms with Crippen LogP contribution in [-0.2, 0) is 21.1 Å². The number of carboxylic acids is 1. The van der Waals surface area contributed by atoms with Crippen LogP contribution in [0.1, 0.15) is 12.8 Å². The van der Waals surface area contributed by atoms with E-state index in [4.69, 9.17) is 21.4 Å². The minimum atomic E-state index is -2.39. The molecule has 1 heterocycles. The van der Waals surface area contributed by atoms with E-state index in [-0.39, 0.29) is 6.54 Å². The number of hydrogen-bond acceptors (Lipinski definition) is 3. The highest BCUT2D eigenvalue weighted by Gasteiger charge is 2.31. The predicted octanol–water partition coefficient (Wildman–Crippen LogP) is 1.82. The van der Waals surface area contributed by atoms with E-state index in [1.807, 2.05) is 35.0 Å². The molecule has 1 fully saturated rings. The molecule has 0 spiro atoms. The van der Waals surface area contributed by atoms with Gasteiger partial charge in [-0.1, -0.05) is 30.3 Å². The van der Waals surface area contributed by atoms with Gasteiger partial charge in [0.15, 0.2) is 6.42 Å². The summed E-state index contributed by atoms with van der Waals surface area (Å²) in [5.41, 5.74) is 0. The van der Waals surface area contributed by atoms with Gasteiger partial charge in [0.25, 0.3) is 0 Å². The van der Waals surface area contributed by atoms with Crippen LogP contribution in [-0.4, -0.2) is 35.4 Å². The number of carboxylic acid groups (broad SMARTS) is 1. The van der Waals surface area contributed by atoms with E-state index in [2.05, 4.69) is 0 Å². The van der Waals surface area contributed by atoms with Gasteiger partial charge < -0.3 is 9.63 Å². The average Bonchev–Trinajstić information content (AvgIpc) is 2.54. The summed E-state index contributed by atoms with van der Waals surface area (Å²) in [6, 6.07) is 9.61. The van der Waals surface area contributed by atoms with Crippen molar-refractivity contribution in [3.63, 3.8) is 0 Å². The van der Waals surface area contributed by atoms with Gasteiger partial charge in [-0.3, -0.25) is 4.79 Å². The van der Waals surface area contributed by atoms with E-state index in [0.717, 1.165) is 18.1 Å². The number of aliphatic carboxylic acids is 1. The summed E-state index contributed by atoms with van der Waals surface area (Å²) in [6.45, 7) is 1.26. The molecular formula is C12H16NO3PS. The Labute approximate surface area is 112 Å². The zero-order valence-electron chi connectivity index (χ0n) is 9.99. The van der Waals surface area contributed by atoms with E-state index in [1.165, 1.54) is 0 Å². The molecule has 1 aromatic rings. The highest BCUT2D eigenvalue weighted by atomic mass is 32.4. The van der Waals surface area contributed by atoms with Crippen molar-refractivity contribution in [1.29, 1.82) is 0 Å². The largest absolute Gasteiger partial charge is 0.480 e. The molecule has 0 radical (unpaired) electrons. The molecule has 1 atom stereocenters. The van der Waals surface area contributed by atoms with Crippen LogP contribution >= 0.6 is 6.42 Å². The molecule has 1 N–H and O–H groups in total. The van der Waals surface area contributed by atoms with E-state index < -0.39 is 12.4 Å². The molecule has 0 aromatic heterocycles. The average molecular weight is 285 g/mol. The maximum atomic E-state index is 11.0. The van der Waals surface area contributed by atoms with Crippen molar-refractivity contribution in [2.75, 3.05) is 19.7 Å². The fourth-order valence-electron chi connectivity index (χ4n) is 1.98. The number of benzene rings is 1. The molecule has 4 nitrogen and oxygen atoms in total. The Morgan fingerprint density at radius 1 is 1.39 bits per heavy atom. The minimum absolute atomic E-state index is 0.0494. The topological polar surface area (TPSA) is 49.8 Å². The van der Waals surface area contributed by atoms with Gasteiger partial charge in [-0.05, 0) is 24.6 Å². The lowest BCUT2D eigenvalue weighted by molar-refractivity contribution is -0.137. The summed E-state index contributed by atoms with van der Waals surface area (Å²) in [5, 5.41) is 9.94. The zero-order valence-corrected chi connectivity index (χ0v) is 11.7. The molecule has 1 aliphatic rings. The van der Waals surface area contributed by atoms with Gasteiger partial charge >= 0.3 is 5.97 Å². The third kappa shape index (κ3) is 2.98. The Kier molecular flexibility index (Phi) is 4.51. The van der Waals surface area contributed by atoms with Gasteiger partial charge in [-0.2, -0.15) is 0 Å². The fraction of sp³-hybridized carbons (Fsp3) is 0.417. The van der Waals surface area contributed by atoms with Gasteiger partial charge in [-0.15, -0.1) is 0 Å². The Hall–Kier alpha value is -0.740. The molecule has 18 heavy (non-hydrogen) atoms. The Bertz CT molecular complexity index is 466. The molecule has 1 unspecified atom stereocenters. The van der Waals surface area contributed by atoms with E-state index in [9.17, 15) is 4.79 Å². The van der Waals surface area contributed by atoms with Crippen molar-refractivity contribution < 1.29 is 14.4 Å².